The molecule has 0 radical (unpaired) electrons. The Balaban J connectivity index is 1.84. The van der Waals surface area contributed by atoms with Crippen molar-refractivity contribution in [1.29, 1.82) is 0 Å². The van der Waals surface area contributed by atoms with E-state index in [1.165, 1.54) is 0 Å². The van der Waals surface area contributed by atoms with Crippen LogP contribution in [0.5, 0.6) is 0 Å². The third-order valence-corrected chi connectivity index (χ3v) is 6.26. The minimum absolute atomic E-state index is 0.345. The summed E-state index contributed by atoms with van der Waals surface area (Å²) in [6.07, 6.45) is 5.22. The van der Waals surface area contributed by atoms with Crippen LogP contribution in [0.4, 0.5) is 0 Å². The highest BCUT2D eigenvalue weighted by molar-refractivity contribution is 7.92. The Hall–Kier alpha value is -1.43. The molecule has 1 aromatic carbocycles. The van der Waals surface area contributed by atoms with Gasteiger partial charge in [0.25, 0.3) is 0 Å². The molecule has 3 heterocycles. The van der Waals surface area contributed by atoms with Crippen LogP contribution in [-0.4, -0.2) is 38.6 Å². The zero-order chi connectivity index (χ0) is 13.8. The van der Waals surface area contributed by atoms with Crippen LogP contribution in [0.1, 0.15) is 0 Å². The molecule has 104 valence electrons. The topological polar surface area (TPSA) is 52.6 Å². The van der Waals surface area contributed by atoms with Gasteiger partial charge < -0.3 is 9.47 Å². The first-order valence-corrected chi connectivity index (χ1v) is 8.13. The van der Waals surface area contributed by atoms with Gasteiger partial charge in [-0.2, -0.15) is 0 Å². The maximum Gasteiger partial charge on any atom is 0.188 e. The molecule has 3 aliphatic heterocycles. The number of rotatable bonds is 2. The molecule has 3 aliphatic rings. The van der Waals surface area contributed by atoms with Crippen LogP contribution in [-0.2, 0) is 19.3 Å². The van der Waals surface area contributed by atoms with Crippen LogP contribution >= 0.6 is 0 Å². The van der Waals surface area contributed by atoms with Crippen molar-refractivity contribution in [1.82, 2.24) is 0 Å². The Morgan fingerprint density at radius 2 is 2.00 bits per heavy atom. The van der Waals surface area contributed by atoms with E-state index in [2.05, 4.69) is 0 Å². The van der Waals surface area contributed by atoms with Gasteiger partial charge in [0.15, 0.2) is 9.84 Å². The van der Waals surface area contributed by atoms with Gasteiger partial charge in [-0.1, -0.05) is 30.4 Å². The van der Waals surface area contributed by atoms with Crippen molar-refractivity contribution in [3.8, 4) is 0 Å². The minimum Gasteiger partial charge on any atom is -0.374 e. The molecule has 1 aromatic rings. The van der Waals surface area contributed by atoms with Crippen molar-refractivity contribution in [3.05, 3.63) is 54.1 Å². The highest BCUT2D eigenvalue weighted by Crippen LogP contribution is 2.48. The van der Waals surface area contributed by atoms with Gasteiger partial charge in [-0.3, -0.25) is 0 Å². The molecule has 5 heteroatoms. The van der Waals surface area contributed by atoms with Gasteiger partial charge in [0, 0.05) is 0 Å². The summed E-state index contributed by atoms with van der Waals surface area (Å²) in [7, 11) is -3.45. The van der Waals surface area contributed by atoms with Gasteiger partial charge >= 0.3 is 0 Å². The van der Waals surface area contributed by atoms with Crippen molar-refractivity contribution < 1.29 is 17.9 Å². The van der Waals surface area contributed by atoms with Crippen LogP contribution < -0.4 is 0 Å². The van der Waals surface area contributed by atoms with E-state index < -0.39 is 26.8 Å². The predicted molar refractivity (Wildman–Crippen MR) is 73.1 cm³/mol. The Kier molecular flexibility index (Phi) is 2.49. The first-order chi connectivity index (χ1) is 9.63. The molecule has 1 unspecified atom stereocenters. The van der Waals surface area contributed by atoms with Gasteiger partial charge in [0.2, 0.25) is 0 Å². The van der Waals surface area contributed by atoms with E-state index in [0.29, 0.717) is 18.1 Å². The zero-order valence-electron chi connectivity index (χ0n) is 10.7. The van der Waals surface area contributed by atoms with E-state index in [9.17, 15) is 8.42 Å². The average molecular weight is 290 g/mol. The molecule has 1 spiro atoms. The van der Waals surface area contributed by atoms with Crippen LogP contribution in [0.3, 0.4) is 0 Å². The van der Waals surface area contributed by atoms with E-state index in [1.54, 1.807) is 24.3 Å². The Morgan fingerprint density at radius 3 is 2.80 bits per heavy atom. The molecular weight excluding hydrogens is 276 g/mol. The Morgan fingerprint density at radius 1 is 1.20 bits per heavy atom. The van der Waals surface area contributed by atoms with Gasteiger partial charge in [-0.15, -0.1) is 0 Å². The average Bonchev–Trinajstić information content (AvgIpc) is 3.02. The summed E-state index contributed by atoms with van der Waals surface area (Å²) in [5.41, 5.74) is 0.176. The van der Waals surface area contributed by atoms with E-state index in [-0.39, 0.29) is 0 Å². The lowest BCUT2D eigenvalue weighted by molar-refractivity contribution is -0.0245. The summed E-state index contributed by atoms with van der Waals surface area (Å²) in [5.74, 6) is 0. The van der Waals surface area contributed by atoms with E-state index in [4.69, 9.17) is 9.47 Å². The van der Waals surface area contributed by atoms with Crippen molar-refractivity contribution >= 4 is 9.84 Å². The Labute approximate surface area is 117 Å². The lowest BCUT2D eigenvalue weighted by atomic mass is 9.87. The number of hydrogen-bond acceptors (Lipinski definition) is 4. The molecule has 0 N–H and O–H groups in total. The van der Waals surface area contributed by atoms with Crippen LogP contribution in [0.15, 0.2) is 59.0 Å². The summed E-state index contributed by atoms with van der Waals surface area (Å²) < 4.78 is 37.1. The van der Waals surface area contributed by atoms with Crippen molar-refractivity contribution in [2.45, 2.75) is 21.9 Å². The lowest BCUT2D eigenvalue weighted by Crippen LogP contribution is -2.40. The molecule has 1 fully saturated rings. The predicted octanol–water partition coefficient (Wildman–Crippen LogP) is 1.49. The van der Waals surface area contributed by atoms with Gasteiger partial charge in [0.05, 0.1) is 24.2 Å². The molecule has 0 amide bonds. The molecular formula is C15H14O4S. The maximum absolute atomic E-state index is 12.9. The monoisotopic (exact) mass is 290 g/mol. The van der Waals surface area contributed by atoms with Gasteiger partial charge in [-0.25, -0.2) is 8.42 Å². The molecule has 2 bridgehead atoms. The minimum atomic E-state index is -3.45. The fraction of sp³-hybridized carbons (Fsp3) is 0.333. The quantitative estimate of drug-likeness (QED) is 0.774. The second-order valence-corrected chi connectivity index (χ2v) is 7.35. The Bertz CT molecular complexity index is 705. The van der Waals surface area contributed by atoms with Crippen molar-refractivity contribution in [3.63, 3.8) is 0 Å². The maximum atomic E-state index is 12.9. The smallest absolute Gasteiger partial charge is 0.188 e. The highest BCUT2D eigenvalue weighted by atomic mass is 32.2. The zero-order valence-corrected chi connectivity index (χ0v) is 11.5. The highest BCUT2D eigenvalue weighted by Gasteiger charge is 2.58. The van der Waals surface area contributed by atoms with Crippen LogP contribution in [0.2, 0.25) is 0 Å². The van der Waals surface area contributed by atoms with Gasteiger partial charge in [0.1, 0.15) is 10.9 Å². The molecule has 4 nitrogen and oxygen atoms in total. The molecule has 3 atom stereocenters. The summed E-state index contributed by atoms with van der Waals surface area (Å²) in [6, 6.07) is 8.57. The molecule has 4 rings (SSSR count). The molecule has 20 heavy (non-hydrogen) atoms. The van der Waals surface area contributed by atoms with Crippen molar-refractivity contribution in [2.24, 2.45) is 0 Å². The number of benzene rings is 1. The van der Waals surface area contributed by atoms with Crippen molar-refractivity contribution in [2.75, 3.05) is 13.2 Å². The fourth-order valence-corrected chi connectivity index (χ4v) is 5.19. The SMILES string of the molecule is O=S(=O)(c1ccccc1)C1C2=CCOC[C@]23C=C[C@H]1O3. The van der Waals surface area contributed by atoms with E-state index >= 15 is 0 Å². The molecule has 1 saturated heterocycles. The number of ether oxygens (including phenoxy) is 2. The van der Waals surface area contributed by atoms with Crippen LogP contribution in [0.25, 0.3) is 0 Å². The third-order valence-electron chi connectivity index (χ3n) is 4.14. The lowest BCUT2D eigenvalue weighted by Gasteiger charge is -2.30. The number of fused-ring (bicyclic) bond motifs is 1. The molecule has 0 saturated carbocycles. The summed E-state index contributed by atoms with van der Waals surface area (Å²) >= 11 is 0. The summed E-state index contributed by atoms with van der Waals surface area (Å²) in [6.45, 7) is 0.842. The third kappa shape index (κ3) is 1.51. The summed E-state index contributed by atoms with van der Waals surface area (Å²) in [5, 5.41) is -0.626. The van der Waals surface area contributed by atoms with E-state index in [0.717, 1.165) is 5.57 Å². The van der Waals surface area contributed by atoms with Gasteiger partial charge in [-0.05, 0) is 23.8 Å². The first kappa shape index (κ1) is 12.3. The second-order valence-electron chi connectivity index (χ2n) is 5.28. The first-order valence-electron chi connectivity index (χ1n) is 6.58. The largest absolute Gasteiger partial charge is 0.374 e. The van der Waals surface area contributed by atoms with Crippen LogP contribution in [0, 0.1) is 0 Å². The standard InChI is InChI=1S/C15H14O4S/c16-20(17,11-4-2-1-3-5-11)14-12-7-9-18-10-15(12)8-6-13(14)19-15/h1-8,13-14H,9-10H2/t13-,14?,15-/m1/s1. The number of sulfone groups is 1. The van der Waals surface area contributed by atoms with E-state index in [1.807, 2.05) is 24.3 Å². The fourth-order valence-electron chi connectivity index (χ4n) is 3.23. The normalized spacial score (nSPS) is 34.9. The summed E-state index contributed by atoms with van der Waals surface area (Å²) in [4.78, 5) is 0.345. The molecule has 0 aliphatic carbocycles. The second kappa shape index (κ2) is 4.04. The number of hydrogen-bond donors (Lipinski definition) is 0. The molecule has 0 aromatic heterocycles.